The number of ether oxygens (including phenoxy) is 1. The molecule has 1 atom stereocenters. The highest BCUT2D eigenvalue weighted by Crippen LogP contribution is 2.11. The molecular formula is C21H23NO2. The first-order chi connectivity index (χ1) is 11.3. The fourth-order valence-electron chi connectivity index (χ4n) is 2.10. The third kappa shape index (κ3) is 5.91. The lowest BCUT2D eigenvalue weighted by atomic mass is 10.0. The van der Waals surface area contributed by atoms with Crippen molar-refractivity contribution in [3.8, 4) is 11.8 Å². The van der Waals surface area contributed by atoms with Gasteiger partial charge < -0.3 is 10.5 Å². The Balaban J connectivity index is 1.97. The van der Waals surface area contributed by atoms with Crippen molar-refractivity contribution >= 4 is 5.97 Å². The number of benzene rings is 2. The summed E-state index contributed by atoms with van der Waals surface area (Å²) in [4.78, 5) is 11.9. The van der Waals surface area contributed by atoms with Gasteiger partial charge >= 0.3 is 5.97 Å². The lowest BCUT2D eigenvalue weighted by molar-refractivity contribution is -0.156. The molecular weight excluding hydrogens is 298 g/mol. The van der Waals surface area contributed by atoms with E-state index in [9.17, 15) is 4.79 Å². The van der Waals surface area contributed by atoms with Crippen molar-refractivity contribution in [2.45, 2.75) is 38.8 Å². The average molecular weight is 321 g/mol. The van der Waals surface area contributed by atoms with Gasteiger partial charge in [-0.1, -0.05) is 42.2 Å². The second kappa shape index (κ2) is 7.81. The van der Waals surface area contributed by atoms with Crippen LogP contribution in [0.3, 0.4) is 0 Å². The molecule has 0 aliphatic carbocycles. The molecule has 0 aliphatic heterocycles. The average Bonchev–Trinajstić information content (AvgIpc) is 2.53. The van der Waals surface area contributed by atoms with Gasteiger partial charge in [-0.2, -0.15) is 0 Å². The molecule has 0 aliphatic rings. The monoisotopic (exact) mass is 321 g/mol. The van der Waals surface area contributed by atoms with E-state index in [-0.39, 0.29) is 5.97 Å². The van der Waals surface area contributed by atoms with Crippen LogP contribution in [0.1, 0.15) is 37.5 Å². The first kappa shape index (κ1) is 17.8. The van der Waals surface area contributed by atoms with Crippen molar-refractivity contribution < 1.29 is 9.53 Å². The van der Waals surface area contributed by atoms with Crippen molar-refractivity contribution in [3.63, 3.8) is 0 Å². The molecule has 2 rings (SSSR count). The maximum Gasteiger partial charge on any atom is 0.323 e. The van der Waals surface area contributed by atoms with Crippen LogP contribution in [0.4, 0.5) is 0 Å². The van der Waals surface area contributed by atoms with E-state index in [2.05, 4.69) is 11.8 Å². The highest BCUT2D eigenvalue weighted by atomic mass is 16.6. The zero-order valence-corrected chi connectivity index (χ0v) is 14.4. The van der Waals surface area contributed by atoms with E-state index in [4.69, 9.17) is 10.5 Å². The van der Waals surface area contributed by atoms with Gasteiger partial charge in [-0.15, -0.1) is 0 Å². The topological polar surface area (TPSA) is 52.3 Å². The van der Waals surface area contributed by atoms with Crippen molar-refractivity contribution in [3.05, 3.63) is 71.3 Å². The molecule has 0 saturated carbocycles. The Morgan fingerprint density at radius 3 is 2.08 bits per heavy atom. The number of hydrogen-bond acceptors (Lipinski definition) is 3. The van der Waals surface area contributed by atoms with Crippen LogP contribution in [-0.4, -0.2) is 17.6 Å². The van der Waals surface area contributed by atoms with Gasteiger partial charge in [0.15, 0.2) is 0 Å². The van der Waals surface area contributed by atoms with Crippen LogP contribution < -0.4 is 5.73 Å². The molecule has 0 radical (unpaired) electrons. The first-order valence-electron chi connectivity index (χ1n) is 7.98. The Morgan fingerprint density at radius 1 is 1.00 bits per heavy atom. The molecule has 124 valence electrons. The van der Waals surface area contributed by atoms with E-state index < -0.39 is 11.6 Å². The summed E-state index contributed by atoms with van der Waals surface area (Å²) in [5.41, 5.74) is 8.29. The van der Waals surface area contributed by atoms with Gasteiger partial charge in [-0.25, -0.2) is 0 Å². The third-order valence-electron chi connectivity index (χ3n) is 3.24. The number of carbonyl (C=O) groups is 1. The van der Waals surface area contributed by atoms with Crippen molar-refractivity contribution in [2.75, 3.05) is 0 Å². The summed E-state index contributed by atoms with van der Waals surface area (Å²) in [5.74, 6) is 5.86. The van der Waals surface area contributed by atoms with E-state index in [1.807, 2.05) is 75.4 Å². The van der Waals surface area contributed by atoms with Crippen LogP contribution in [0, 0.1) is 11.8 Å². The molecule has 0 heterocycles. The SMILES string of the molecule is CC(C)(C)OC(=O)C(N)Cc1ccc(C#Cc2ccccc2)cc1. The summed E-state index contributed by atoms with van der Waals surface area (Å²) in [5, 5.41) is 0. The van der Waals surface area contributed by atoms with Crippen LogP contribution >= 0.6 is 0 Å². The number of carbonyl (C=O) groups excluding carboxylic acids is 1. The predicted molar refractivity (Wildman–Crippen MR) is 96.4 cm³/mol. The van der Waals surface area contributed by atoms with Gasteiger partial charge in [0, 0.05) is 11.1 Å². The zero-order valence-electron chi connectivity index (χ0n) is 14.4. The lowest BCUT2D eigenvalue weighted by Gasteiger charge is -2.22. The van der Waals surface area contributed by atoms with Gasteiger partial charge in [-0.3, -0.25) is 4.79 Å². The minimum atomic E-state index is -0.662. The number of esters is 1. The Hall–Kier alpha value is -2.57. The van der Waals surface area contributed by atoms with Crippen LogP contribution in [0.5, 0.6) is 0 Å². The van der Waals surface area contributed by atoms with Gasteiger partial charge in [0.25, 0.3) is 0 Å². The number of nitrogens with two attached hydrogens (primary N) is 1. The van der Waals surface area contributed by atoms with Gasteiger partial charge in [0.05, 0.1) is 0 Å². The highest BCUT2D eigenvalue weighted by Gasteiger charge is 2.22. The molecule has 1 unspecified atom stereocenters. The number of rotatable bonds is 3. The van der Waals surface area contributed by atoms with Crippen molar-refractivity contribution in [2.24, 2.45) is 5.73 Å². The second-order valence-corrected chi connectivity index (χ2v) is 6.66. The molecule has 3 heteroatoms. The Kier molecular flexibility index (Phi) is 5.78. The Bertz CT molecular complexity index is 731. The van der Waals surface area contributed by atoms with Gasteiger partial charge in [0.1, 0.15) is 11.6 Å². The summed E-state index contributed by atoms with van der Waals surface area (Å²) in [6.45, 7) is 5.49. The standard InChI is InChI=1S/C21H23NO2/c1-21(2,3)24-20(23)19(22)15-18-13-11-17(12-14-18)10-9-16-7-5-4-6-8-16/h4-8,11-14,19H,15,22H2,1-3H3. The molecule has 3 nitrogen and oxygen atoms in total. The molecule has 0 saturated heterocycles. The highest BCUT2D eigenvalue weighted by molar-refractivity contribution is 5.76. The fraction of sp³-hybridized carbons (Fsp3) is 0.286. The molecule has 24 heavy (non-hydrogen) atoms. The molecule has 0 amide bonds. The van der Waals surface area contributed by atoms with Crippen molar-refractivity contribution in [1.82, 2.24) is 0 Å². The quantitative estimate of drug-likeness (QED) is 0.697. The minimum Gasteiger partial charge on any atom is -0.459 e. The van der Waals surface area contributed by atoms with Gasteiger partial charge in [0.2, 0.25) is 0 Å². The van der Waals surface area contributed by atoms with E-state index in [0.717, 1.165) is 16.7 Å². The van der Waals surface area contributed by atoms with Crippen LogP contribution in [0.25, 0.3) is 0 Å². The molecule has 0 spiro atoms. The summed E-state index contributed by atoms with van der Waals surface area (Å²) >= 11 is 0. The summed E-state index contributed by atoms with van der Waals surface area (Å²) in [6, 6.07) is 16.9. The molecule has 0 bridgehead atoms. The maximum absolute atomic E-state index is 11.9. The van der Waals surface area contributed by atoms with Crippen LogP contribution in [0.2, 0.25) is 0 Å². The smallest absolute Gasteiger partial charge is 0.323 e. The maximum atomic E-state index is 11.9. The molecule has 0 aromatic heterocycles. The summed E-state index contributed by atoms with van der Waals surface area (Å²) < 4.78 is 5.30. The Labute approximate surface area is 143 Å². The van der Waals surface area contributed by atoms with E-state index in [0.29, 0.717) is 6.42 Å². The second-order valence-electron chi connectivity index (χ2n) is 6.66. The van der Waals surface area contributed by atoms with E-state index >= 15 is 0 Å². The largest absolute Gasteiger partial charge is 0.459 e. The lowest BCUT2D eigenvalue weighted by Crippen LogP contribution is -2.38. The van der Waals surface area contributed by atoms with E-state index in [1.54, 1.807) is 0 Å². The molecule has 2 N–H and O–H groups in total. The van der Waals surface area contributed by atoms with Crippen molar-refractivity contribution in [1.29, 1.82) is 0 Å². The Morgan fingerprint density at radius 2 is 1.54 bits per heavy atom. The van der Waals surface area contributed by atoms with E-state index in [1.165, 1.54) is 0 Å². The zero-order chi connectivity index (χ0) is 17.6. The minimum absolute atomic E-state index is 0.379. The predicted octanol–water partition coefficient (Wildman–Crippen LogP) is 3.30. The fourth-order valence-corrected chi connectivity index (χ4v) is 2.10. The summed E-state index contributed by atoms with van der Waals surface area (Å²) in [7, 11) is 0. The first-order valence-corrected chi connectivity index (χ1v) is 7.98. The van der Waals surface area contributed by atoms with Gasteiger partial charge in [-0.05, 0) is 57.0 Å². The van der Waals surface area contributed by atoms with Crippen LogP contribution in [-0.2, 0) is 16.0 Å². The van der Waals surface area contributed by atoms with Crippen LogP contribution in [0.15, 0.2) is 54.6 Å². The summed E-state index contributed by atoms with van der Waals surface area (Å²) in [6.07, 6.45) is 0.446. The molecule has 2 aromatic carbocycles. The third-order valence-corrected chi connectivity index (χ3v) is 3.24. The normalized spacial score (nSPS) is 12.0. The molecule has 2 aromatic rings. The number of hydrogen-bond donors (Lipinski definition) is 1. The molecule has 0 fully saturated rings.